The number of methoxy groups -OCH3 is 1. The van der Waals surface area contributed by atoms with Crippen LogP contribution >= 0.6 is 0 Å². The fraction of sp³-hybridized carbons (Fsp3) is 0.562. The molecule has 0 aliphatic carbocycles. The molecular formula is C16H25FN2O2. The SMILES string of the molecule is COCCN(CCCN(C)C)C(=O)c1cc(C)ccc1F. The molecule has 0 saturated heterocycles. The number of amides is 1. The van der Waals surface area contributed by atoms with Gasteiger partial charge in [0.2, 0.25) is 0 Å². The van der Waals surface area contributed by atoms with Crippen LogP contribution in [-0.4, -0.2) is 63.2 Å². The molecule has 1 amide bonds. The number of nitrogens with zero attached hydrogens (tertiary/aromatic N) is 2. The molecule has 1 aromatic rings. The van der Waals surface area contributed by atoms with E-state index < -0.39 is 5.82 Å². The van der Waals surface area contributed by atoms with Crippen LogP contribution in [-0.2, 0) is 4.74 Å². The van der Waals surface area contributed by atoms with E-state index in [1.807, 2.05) is 21.0 Å². The molecule has 0 atom stereocenters. The summed E-state index contributed by atoms with van der Waals surface area (Å²) in [5.74, 6) is -0.743. The molecule has 118 valence electrons. The van der Waals surface area contributed by atoms with Crippen molar-refractivity contribution in [2.24, 2.45) is 0 Å². The average molecular weight is 296 g/mol. The van der Waals surface area contributed by atoms with Gasteiger partial charge in [0.1, 0.15) is 5.82 Å². The third-order valence-corrected chi connectivity index (χ3v) is 3.24. The minimum atomic E-state index is -0.472. The van der Waals surface area contributed by atoms with Crippen molar-refractivity contribution in [2.45, 2.75) is 13.3 Å². The van der Waals surface area contributed by atoms with Gasteiger partial charge >= 0.3 is 0 Å². The minimum Gasteiger partial charge on any atom is -0.383 e. The predicted octanol–water partition coefficient (Wildman–Crippen LogP) is 2.17. The van der Waals surface area contributed by atoms with E-state index in [0.717, 1.165) is 18.5 Å². The Bertz CT molecular complexity index is 464. The number of benzene rings is 1. The summed E-state index contributed by atoms with van der Waals surface area (Å²) in [4.78, 5) is 16.2. The molecule has 21 heavy (non-hydrogen) atoms. The summed E-state index contributed by atoms with van der Waals surface area (Å²) in [5.41, 5.74) is 1.01. The first-order valence-electron chi connectivity index (χ1n) is 7.14. The van der Waals surface area contributed by atoms with Gasteiger partial charge in [-0.25, -0.2) is 4.39 Å². The Morgan fingerprint density at radius 3 is 2.57 bits per heavy atom. The van der Waals surface area contributed by atoms with E-state index in [4.69, 9.17) is 4.74 Å². The van der Waals surface area contributed by atoms with E-state index in [-0.39, 0.29) is 11.5 Å². The fourth-order valence-corrected chi connectivity index (χ4v) is 2.07. The maximum atomic E-state index is 13.9. The molecule has 0 aromatic heterocycles. The Hall–Kier alpha value is -1.46. The lowest BCUT2D eigenvalue weighted by Crippen LogP contribution is -2.36. The van der Waals surface area contributed by atoms with Crippen LogP contribution in [0.15, 0.2) is 18.2 Å². The van der Waals surface area contributed by atoms with E-state index >= 15 is 0 Å². The summed E-state index contributed by atoms with van der Waals surface area (Å²) in [7, 11) is 5.57. The molecule has 0 unspecified atom stereocenters. The van der Waals surface area contributed by atoms with Gasteiger partial charge in [-0.15, -0.1) is 0 Å². The van der Waals surface area contributed by atoms with Crippen LogP contribution in [0.3, 0.4) is 0 Å². The number of carbonyl (C=O) groups is 1. The van der Waals surface area contributed by atoms with E-state index in [9.17, 15) is 9.18 Å². The van der Waals surface area contributed by atoms with E-state index in [0.29, 0.717) is 19.7 Å². The Morgan fingerprint density at radius 1 is 1.24 bits per heavy atom. The Morgan fingerprint density at radius 2 is 1.95 bits per heavy atom. The Kier molecular flexibility index (Phi) is 7.32. The molecular weight excluding hydrogens is 271 g/mol. The molecule has 0 fully saturated rings. The number of ether oxygens (including phenoxy) is 1. The Labute approximate surface area is 126 Å². The zero-order valence-corrected chi connectivity index (χ0v) is 13.4. The van der Waals surface area contributed by atoms with E-state index in [1.165, 1.54) is 6.07 Å². The van der Waals surface area contributed by atoms with Crippen LogP contribution < -0.4 is 0 Å². The lowest BCUT2D eigenvalue weighted by Gasteiger charge is -2.23. The summed E-state index contributed by atoms with van der Waals surface area (Å²) < 4.78 is 18.9. The molecule has 0 aliphatic heterocycles. The van der Waals surface area contributed by atoms with E-state index in [2.05, 4.69) is 4.90 Å². The van der Waals surface area contributed by atoms with Gasteiger partial charge in [-0.05, 0) is 46.1 Å². The first-order valence-corrected chi connectivity index (χ1v) is 7.14. The topological polar surface area (TPSA) is 32.8 Å². The van der Waals surface area contributed by atoms with Gasteiger partial charge in [-0.3, -0.25) is 4.79 Å². The first-order chi connectivity index (χ1) is 9.95. The van der Waals surface area contributed by atoms with Gasteiger partial charge in [0.15, 0.2) is 0 Å². The predicted molar refractivity (Wildman–Crippen MR) is 82.1 cm³/mol. The van der Waals surface area contributed by atoms with Crippen LogP contribution in [0.5, 0.6) is 0 Å². The lowest BCUT2D eigenvalue weighted by atomic mass is 10.1. The largest absolute Gasteiger partial charge is 0.383 e. The van der Waals surface area contributed by atoms with Crippen LogP contribution in [0.25, 0.3) is 0 Å². The van der Waals surface area contributed by atoms with Crippen LogP contribution in [0.1, 0.15) is 22.3 Å². The molecule has 1 aromatic carbocycles. The standard InChI is InChI=1S/C16H25FN2O2/c1-13-6-7-15(17)14(12-13)16(20)19(10-11-21-4)9-5-8-18(2)3/h6-7,12H,5,8-11H2,1-4H3. The highest BCUT2D eigenvalue weighted by Crippen LogP contribution is 2.13. The summed E-state index contributed by atoms with van der Waals surface area (Å²) in [6, 6.07) is 4.61. The van der Waals surface area contributed by atoms with Crippen molar-refractivity contribution < 1.29 is 13.9 Å². The maximum Gasteiger partial charge on any atom is 0.256 e. The fourth-order valence-electron chi connectivity index (χ4n) is 2.07. The first kappa shape index (κ1) is 17.6. The van der Waals surface area contributed by atoms with Gasteiger partial charge in [0.25, 0.3) is 5.91 Å². The zero-order chi connectivity index (χ0) is 15.8. The number of hydrogen-bond acceptors (Lipinski definition) is 3. The maximum absolute atomic E-state index is 13.9. The van der Waals surface area contributed by atoms with Gasteiger partial charge < -0.3 is 14.5 Å². The molecule has 4 nitrogen and oxygen atoms in total. The molecule has 0 aliphatic rings. The monoisotopic (exact) mass is 296 g/mol. The van der Waals surface area contributed by atoms with E-state index in [1.54, 1.807) is 24.1 Å². The third kappa shape index (κ3) is 5.81. The van der Waals surface area contributed by atoms with Crippen LogP contribution in [0.2, 0.25) is 0 Å². The van der Waals surface area contributed by atoms with Crippen molar-refractivity contribution >= 4 is 5.91 Å². The summed E-state index contributed by atoms with van der Waals surface area (Å²) in [5, 5.41) is 0. The van der Waals surface area contributed by atoms with Gasteiger partial charge in [0.05, 0.1) is 12.2 Å². The van der Waals surface area contributed by atoms with Gasteiger partial charge in [-0.2, -0.15) is 0 Å². The normalized spacial score (nSPS) is 11.0. The number of carbonyl (C=O) groups excluding carboxylic acids is 1. The molecule has 0 saturated carbocycles. The highest BCUT2D eigenvalue weighted by Gasteiger charge is 2.19. The molecule has 0 N–H and O–H groups in total. The summed E-state index contributed by atoms with van der Waals surface area (Å²) in [6.45, 7) is 4.24. The second-order valence-corrected chi connectivity index (χ2v) is 5.43. The minimum absolute atomic E-state index is 0.135. The smallest absolute Gasteiger partial charge is 0.256 e. The zero-order valence-electron chi connectivity index (χ0n) is 13.4. The number of halogens is 1. The molecule has 1 rings (SSSR count). The molecule has 5 heteroatoms. The second kappa shape index (κ2) is 8.74. The van der Waals surface area contributed by atoms with Crippen molar-refractivity contribution in [3.63, 3.8) is 0 Å². The van der Waals surface area contributed by atoms with Crippen LogP contribution in [0.4, 0.5) is 4.39 Å². The van der Waals surface area contributed by atoms with Crippen LogP contribution in [0, 0.1) is 12.7 Å². The van der Waals surface area contributed by atoms with Gasteiger partial charge in [0, 0.05) is 20.2 Å². The second-order valence-electron chi connectivity index (χ2n) is 5.43. The van der Waals surface area contributed by atoms with Crippen molar-refractivity contribution in [3.05, 3.63) is 35.1 Å². The summed E-state index contributed by atoms with van der Waals surface area (Å²) >= 11 is 0. The molecule has 0 spiro atoms. The number of hydrogen-bond donors (Lipinski definition) is 0. The number of aryl methyl sites for hydroxylation is 1. The lowest BCUT2D eigenvalue weighted by molar-refractivity contribution is 0.0684. The van der Waals surface area contributed by atoms with Crippen molar-refractivity contribution in [1.82, 2.24) is 9.80 Å². The molecule has 0 radical (unpaired) electrons. The van der Waals surface area contributed by atoms with Crippen molar-refractivity contribution in [1.29, 1.82) is 0 Å². The highest BCUT2D eigenvalue weighted by atomic mass is 19.1. The summed E-state index contributed by atoms with van der Waals surface area (Å²) in [6.07, 6.45) is 0.843. The quantitative estimate of drug-likeness (QED) is 0.737. The van der Waals surface area contributed by atoms with Crippen molar-refractivity contribution in [2.75, 3.05) is 47.4 Å². The number of rotatable bonds is 8. The highest BCUT2D eigenvalue weighted by molar-refractivity contribution is 5.94. The molecule has 0 heterocycles. The Balaban J connectivity index is 2.80. The third-order valence-electron chi connectivity index (χ3n) is 3.24. The molecule has 0 bridgehead atoms. The average Bonchev–Trinajstić information content (AvgIpc) is 2.44. The van der Waals surface area contributed by atoms with Crippen molar-refractivity contribution in [3.8, 4) is 0 Å². The van der Waals surface area contributed by atoms with Gasteiger partial charge in [-0.1, -0.05) is 11.6 Å².